The molecule has 0 radical (unpaired) electrons. The zero-order valence-electron chi connectivity index (χ0n) is 17.9. The lowest BCUT2D eigenvalue weighted by atomic mass is 10.1. The molecule has 2 aromatic carbocycles. The Kier molecular flexibility index (Phi) is 7.05. The Morgan fingerprint density at radius 3 is 2.50 bits per heavy atom. The number of aliphatic imine (C=N–C) groups is 1. The Labute approximate surface area is 193 Å². The largest absolute Gasteiger partial charge is 0.494 e. The quantitative estimate of drug-likeness (QED) is 0.612. The fourth-order valence-electron chi connectivity index (χ4n) is 3.76. The second-order valence-electron chi connectivity index (χ2n) is 7.91. The lowest BCUT2D eigenvalue weighted by molar-refractivity contribution is -0.120. The number of hydrogen-bond donors (Lipinski definition) is 2. The van der Waals surface area contributed by atoms with Gasteiger partial charge in [0.2, 0.25) is 5.91 Å². The van der Waals surface area contributed by atoms with Gasteiger partial charge in [0.1, 0.15) is 5.75 Å². The van der Waals surface area contributed by atoms with Crippen molar-refractivity contribution in [1.82, 2.24) is 5.32 Å². The molecule has 2 atom stereocenters. The molecule has 0 aliphatic carbocycles. The third-order valence-electron chi connectivity index (χ3n) is 5.36. The number of benzene rings is 2. The van der Waals surface area contributed by atoms with E-state index < -0.39 is 9.84 Å². The highest BCUT2D eigenvalue weighted by Crippen LogP contribution is 2.34. The van der Waals surface area contributed by atoms with Crippen molar-refractivity contribution < 1.29 is 17.9 Å². The number of nitrogens with one attached hydrogen (secondary N) is 2. The molecule has 2 aliphatic rings. The summed E-state index contributed by atoms with van der Waals surface area (Å²) >= 11 is 1.49. The summed E-state index contributed by atoms with van der Waals surface area (Å²) in [6.45, 7) is 3.19. The number of ether oxygens (including phenoxy) is 1. The van der Waals surface area contributed by atoms with Crippen LogP contribution in [-0.2, 0) is 27.5 Å². The number of carbonyl (C=O) groups is 1. The number of fused-ring (bicyclic) bond motifs is 1. The van der Waals surface area contributed by atoms with E-state index in [1.165, 1.54) is 11.8 Å². The summed E-state index contributed by atoms with van der Waals surface area (Å²) in [4.78, 5) is 16.8. The number of amidine groups is 1. The lowest BCUT2D eigenvalue weighted by Crippen LogP contribution is -2.27. The molecule has 2 aromatic rings. The summed E-state index contributed by atoms with van der Waals surface area (Å²) in [6.07, 6.45) is 1.09. The predicted octanol–water partition coefficient (Wildman–Crippen LogP) is 2.67. The van der Waals surface area contributed by atoms with E-state index >= 15 is 0 Å². The first-order chi connectivity index (χ1) is 15.4. The van der Waals surface area contributed by atoms with Gasteiger partial charge in [-0.3, -0.25) is 9.79 Å². The minimum Gasteiger partial charge on any atom is -0.494 e. The Bertz CT molecular complexity index is 1080. The van der Waals surface area contributed by atoms with Crippen molar-refractivity contribution in [3.63, 3.8) is 0 Å². The number of carbonyl (C=O) groups excluding carboxylic acids is 1. The Morgan fingerprint density at radius 2 is 1.81 bits per heavy atom. The topological polar surface area (TPSA) is 96.9 Å². The number of nitrogens with zero attached hydrogens (tertiary/aromatic N) is 1. The van der Waals surface area contributed by atoms with Gasteiger partial charge in [-0.1, -0.05) is 36.0 Å². The summed E-state index contributed by atoms with van der Waals surface area (Å²) in [6, 6.07) is 15.4. The van der Waals surface area contributed by atoms with Crippen LogP contribution in [0.15, 0.2) is 53.5 Å². The third kappa shape index (κ3) is 6.04. The summed E-state index contributed by atoms with van der Waals surface area (Å²) in [5.41, 5.74) is 2.95. The molecule has 32 heavy (non-hydrogen) atoms. The van der Waals surface area contributed by atoms with Gasteiger partial charge < -0.3 is 15.4 Å². The van der Waals surface area contributed by atoms with Gasteiger partial charge in [-0.25, -0.2) is 8.42 Å². The smallest absolute Gasteiger partial charge is 0.224 e. The van der Waals surface area contributed by atoms with Gasteiger partial charge in [-0.2, -0.15) is 0 Å². The van der Waals surface area contributed by atoms with Crippen molar-refractivity contribution in [2.75, 3.05) is 30.0 Å². The van der Waals surface area contributed by atoms with Crippen LogP contribution in [0, 0.1) is 0 Å². The summed E-state index contributed by atoms with van der Waals surface area (Å²) in [5, 5.41) is 7.00. The molecular weight excluding hydrogens is 446 g/mol. The monoisotopic (exact) mass is 473 g/mol. The van der Waals surface area contributed by atoms with E-state index in [2.05, 4.69) is 15.6 Å². The summed E-state index contributed by atoms with van der Waals surface area (Å²) in [5.74, 6) is 1.18. The van der Waals surface area contributed by atoms with Crippen LogP contribution in [0.25, 0.3) is 0 Å². The maximum Gasteiger partial charge on any atom is 0.224 e. The summed E-state index contributed by atoms with van der Waals surface area (Å²) < 4.78 is 28.8. The van der Waals surface area contributed by atoms with Crippen molar-refractivity contribution >= 4 is 38.4 Å². The zero-order valence-corrected chi connectivity index (χ0v) is 19.5. The van der Waals surface area contributed by atoms with Crippen LogP contribution >= 0.6 is 11.8 Å². The van der Waals surface area contributed by atoms with Crippen LogP contribution in [-0.4, -0.2) is 55.4 Å². The fraction of sp³-hybridized carbons (Fsp3) is 0.391. The maximum atomic E-state index is 12.3. The van der Waals surface area contributed by atoms with Crippen LogP contribution in [0.4, 0.5) is 5.69 Å². The van der Waals surface area contributed by atoms with Crippen molar-refractivity contribution in [3.05, 3.63) is 59.7 Å². The van der Waals surface area contributed by atoms with Crippen molar-refractivity contribution in [3.8, 4) is 5.75 Å². The van der Waals surface area contributed by atoms with Gasteiger partial charge in [-0.05, 0) is 48.7 Å². The first-order valence-electron chi connectivity index (χ1n) is 10.7. The van der Waals surface area contributed by atoms with Crippen LogP contribution in [0.1, 0.15) is 18.1 Å². The van der Waals surface area contributed by atoms with Gasteiger partial charge in [0, 0.05) is 17.5 Å². The first-order valence-corrected chi connectivity index (χ1v) is 13.4. The van der Waals surface area contributed by atoms with E-state index in [0.29, 0.717) is 19.6 Å². The second-order valence-corrected chi connectivity index (χ2v) is 11.3. The second kappa shape index (κ2) is 9.95. The molecule has 1 saturated heterocycles. The minimum atomic E-state index is -2.94. The lowest BCUT2D eigenvalue weighted by Gasteiger charge is -2.09. The van der Waals surface area contributed by atoms with Crippen LogP contribution in [0.3, 0.4) is 0 Å². The number of hydrogen-bond acceptors (Lipinski definition) is 7. The Morgan fingerprint density at radius 1 is 1.09 bits per heavy atom. The van der Waals surface area contributed by atoms with Gasteiger partial charge in [0.05, 0.1) is 30.6 Å². The Balaban J connectivity index is 1.20. The molecule has 170 valence electrons. The molecule has 2 heterocycles. The Hall–Kier alpha value is -2.52. The normalized spacial score (nSPS) is 21.0. The number of rotatable bonds is 8. The van der Waals surface area contributed by atoms with E-state index in [0.717, 1.165) is 34.2 Å². The van der Waals surface area contributed by atoms with E-state index in [1.807, 2.05) is 55.5 Å². The molecule has 0 aromatic heterocycles. The average Bonchev–Trinajstić information content (AvgIpc) is 3.23. The summed E-state index contributed by atoms with van der Waals surface area (Å²) in [7, 11) is -2.94. The van der Waals surface area contributed by atoms with Crippen molar-refractivity contribution in [2.45, 2.75) is 31.1 Å². The molecule has 2 N–H and O–H groups in total. The molecule has 1 amide bonds. The molecule has 0 saturated carbocycles. The van der Waals surface area contributed by atoms with Crippen LogP contribution in [0.2, 0.25) is 0 Å². The minimum absolute atomic E-state index is 0.0126. The van der Waals surface area contributed by atoms with Crippen LogP contribution < -0.4 is 15.4 Å². The van der Waals surface area contributed by atoms with E-state index in [-0.39, 0.29) is 28.7 Å². The highest BCUT2D eigenvalue weighted by atomic mass is 32.2. The fourth-order valence-corrected chi connectivity index (χ4v) is 7.43. The van der Waals surface area contributed by atoms with E-state index in [4.69, 9.17) is 4.74 Å². The van der Waals surface area contributed by atoms with Crippen molar-refractivity contribution in [2.24, 2.45) is 4.99 Å². The molecule has 1 fully saturated rings. The highest BCUT2D eigenvalue weighted by Gasteiger charge is 2.42. The van der Waals surface area contributed by atoms with E-state index in [1.54, 1.807) is 0 Å². The number of anilines is 1. The maximum absolute atomic E-state index is 12.3. The van der Waals surface area contributed by atoms with Gasteiger partial charge >= 0.3 is 0 Å². The third-order valence-corrected chi connectivity index (χ3v) is 8.50. The van der Waals surface area contributed by atoms with Crippen LogP contribution in [0.5, 0.6) is 5.75 Å². The molecule has 0 spiro atoms. The molecule has 4 rings (SSSR count). The first kappa shape index (κ1) is 22.7. The number of sulfone groups is 1. The van der Waals surface area contributed by atoms with Gasteiger partial charge in [0.15, 0.2) is 15.0 Å². The van der Waals surface area contributed by atoms with Gasteiger partial charge in [-0.15, -0.1) is 0 Å². The molecule has 7 nitrogen and oxygen atoms in total. The number of thioether (sulfide) groups is 1. The highest BCUT2D eigenvalue weighted by molar-refractivity contribution is 8.15. The van der Waals surface area contributed by atoms with Gasteiger partial charge in [0.25, 0.3) is 0 Å². The average molecular weight is 474 g/mol. The van der Waals surface area contributed by atoms with Crippen molar-refractivity contribution in [1.29, 1.82) is 0 Å². The molecule has 0 bridgehead atoms. The SMILES string of the molecule is CCOc1ccc(CCNC(=O)Cc2ccc(NC3=N[C@H]4CS(=O)(=O)C[C@@H]4S3)cc2)cc1. The zero-order chi connectivity index (χ0) is 22.6. The molecular formula is C23H27N3O4S2. The molecule has 0 unspecified atom stereocenters. The predicted molar refractivity (Wildman–Crippen MR) is 129 cm³/mol. The molecule has 9 heteroatoms. The number of amides is 1. The van der Waals surface area contributed by atoms with E-state index in [9.17, 15) is 13.2 Å². The molecule has 2 aliphatic heterocycles. The standard InChI is InChI=1S/C23H27N3O4S2/c1-2-30-19-9-5-16(6-10-19)11-12-24-22(27)13-17-3-7-18(8-4-17)25-23-26-20-14-32(28,29)15-21(20)31-23/h3-10,20-21H,2,11-15H2,1H3,(H,24,27)(H,25,26)/t20-,21-/m0/s1.